The number of hydrogen-bond acceptors (Lipinski definition) is 3. The van der Waals surface area contributed by atoms with Crippen LogP contribution in [0.4, 0.5) is 17.6 Å². The van der Waals surface area contributed by atoms with Crippen LogP contribution in [0, 0.1) is 5.82 Å². The van der Waals surface area contributed by atoms with Crippen LogP contribution in [0.15, 0.2) is 49.2 Å². The van der Waals surface area contributed by atoms with E-state index in [9.17, 15) is 22.7 Å². The fraction of sp³-hybridized carbons (Fsp3) is 0.0588. The normalized spacial score (nSPS) is 11.6. The molecule has 0 amide bonds. The van der Waals surface area contributed by atoms with Crippen LogP contribution < -0.4 is 0 Å². The number of aliphatic hydroxyl groups excluding tert-OH is 1. The fourth-order valence-corrected chi connectivity index (χ4v) is 2.55. The molecule has 0 aliphatic rings. The molecular weight excluding hydrogens is 374 g/mol. The molecule has 0 unspecified atom stereocenters. The lowest BCUT2D eigenvalue weighted by molar-refractivity contribution is -0.141. The number of aliphatic hydroxyl groups is 1. The van der Waals surface area contributed by atoms with Crippen molar-refractivity contribution in [3.8, 4) is 16.9 Å². The van der Waals surface area contributed by atoms with Crippen LogP contribution in [-0.2, 0) is 6.18 Å². The molecule has 0 spiro atoms. The summed E-state index contributed by atoms with van der Waals surface area (Å²) in [5, 5.41) is 13.7. The van der Waals surface area contributed by atoms with Crippen molar-refractivity contribution in [3.05, 3.63) is 71.4 Å². The molecule has 0 bridgehead atoms. The molecule has 0 aliphatic heterocycles. The predicted octanol–water partition coefficient (Wildman–Crippen LogP) is 5.27. The van der Waals surface area contributed by atoms with Gasteiger partial charge in [-0.1, -0.05) is 18.2 Å². The molecule has 1 N–H and O–H groups in total. The number of pyridine rings is 1. The fourth-order valence-electron chi connectivity index (χ4n) is 2.33. The van der Waals surface area contributed by atoms with Gasteiger partial charge in [-0.25, -0.2) is 9.07 Å². The van der Waals surface area contributed by atoms with E-state index in [2.05, 4.69) is 16.7 Å². The third-order valence-corrected chi connectivity index (χ3v) is 3.66. The lowest BCUT2D eigenvalue weighted by Gasteiger charge is -2.11. The second kappa shape index (κ2) is 6.45. The number of rotatable bonds is 3. The van der Waals surface area contributed by atoms with Gasteiger partial charge in [-0.2, -0.15) is 18.3 Å². The van der Waals surface area contributed by atoms with Gasteiger partial charge in [-0.3, -0.25) is 4.98 Å². The minimum Gasteiger partial charge on any atom is -0.506 e. The summed E-state index contributed by atoms with van der Waals surface area (Å²) in [6.45, 7) is 3.35. The first-order valence-electron chi connectivity index (χ1n) is 7.13. The van der Waals surface area contributed by atoms with E-state index in [0.717, 1.165) is 29.1 Å². The van der Waals surface area contributed by atoms with E-state index < -0.39 is 23.4 Å². The van der Waals surface area contributed by atoms with Crippen molar-refractivity contribution in [1.82, 2.24) is 14.8 Å². The second-order valence-electron chi connectivity index (χ2n) is 5.33. The zero-order valence-electron chi connectivity index (χ0n) is 12.9. The van der Waals surface area contributed by atoms with Crippen molar-refractivity contribution in [3.63, 3.8) is 0 Å². The molecule has 1 aromatic carbocycles. The van der Waals surface area contributed by atoms with Crippen molar-refractivity contribution in [1.29, 1.82) is 0 Å². The first-order chi connectivity index (χ1) is 12.1. The van der Waals surface area contributed by atoms with Gasteiger partial charge in [0.2, 0.25) is 0 Å². The van der Waals surface area contributed by atoms with Gasteiger partial charge in [0.05, 0.1) is 11.4 Å². The Kier molecular flexibility index (Phi) is 4.45. The van der Waals surface area contributed by atoms with E-state index in [-0.39, 0.29) is 27.7 Å². The largest absolute Gasteiger partial charge is 0.506 e. The van der Waals surface area contributed by atoms with Gasteiger partial charge in [0.25, 0.3) is 0 Å². The maximum Gasteiger partial charge on any atom is 0.433 e. The van der Waals surface area contributed by atoms with Crippen LogP contribution >= 0.6 is 11.6 Å². The van der Waals surface area contributed by atoms with Crippen LogP contribution in [-0.4, -0.2) is 19.9 Å². The smallest absolute Gasteiger partial charge is 0.433 e. The number of halogens is 5. The number of aromatic nitrogens is 3. The highest BCUT2D eigenvalue weighted by atomic mass is 35.5. The Morgan fingerprint density at radius 1 is 1.15 bits per heavy atom. The van der Waals surface area contributed by atoms with Crippen LogP contribution in [0.5, 0.6) is 0 Å². The van der Waals surface area contributed by atoms with Crippen molar-refractivity contribution >= 4 is 17.4 Å². The molecule has 0 saturated carbocycles. The minimum absolute atomic E-state index is 0.0192. The zero-order chi connectivity index (χ0) is 19.1. The highest BCUT2D eigenvalue weighted by Gasteiger charge is 2.32. The molecule has 2 heterocycles. The number of nitrogens with zero attached hydrogens (tertiary/aromatic N) is 3. The number of alkyl halides is 3. The van der Waals surface area contributed by atoms with E-state index in [0.29, 0.717) is 0 Å². The molecule has 0 aliphatic carbocycles. The summed E-state index contributed by atoms with van der Waals surface area (Å²) in [5.41, 5.74) is -0.588. The monoisotopic (exact) mass is 383 g/mol. The number of benzene rings is 1. The molecule has 0 fully saturated rings. The average Bonchev–Trinajstić information content (AvgIpc) is 2.99. The first-order valence-corrected chi connectivity index (χ1v) is 7.51. The zero-order valence-corrected chi connectivity index (χ0v) is 13.7. The molecule has 9 heteroatoms. The molecule has 0 atom stereocenters. The number of hydrogen-bond donors (Lipinski definition) is 1. The highest BCUT2D eigenvalue weighted by Crippen LogP contribution is 2.31. The third-order valence-electron chi connectivity index (χ3n) is 3.44. The summed E-state index contributed by atoms with van der Waals surface area (Å²) in [7, 11) is 0. The summed E-state index contributed by atoms with van der Waals surface area (Å²) in [6, 6.07) is 7.12. The Morgan fingerprint density at radius 2 is 1.88 bits per heavy atom. The first kappa shape index (κ1) is 17.9. The van der Waals surface area contributed by atoms with Gasteiger partial charge >= 0.3 is 6.18 Å². The van der Waals surface area contributed by atoms with Crippen molar-refractivity contribution in [2.75, 3.05) is 0 Å². The van der Waals surface area contributed by atoms with Gasteiger partial charge in [0.1, 0.15) is 23.0 Å². The maximum atomic E-state index is 13.7. The maximum absolute atomic E-state index is 13.7. The topological polar surface area (TPSA) is 50.9 Å². The quantitative estimate of drug-likeness (QED) is 0.495. The second-order valence-corrected chi connectivity index (χ2v) is 5.76. The average molecular weight is 384 g/mol. The van der Waals surface area contributed by atoms with E-state index in [1.165, 1.54) is 18.2 Å². The summed E-state index contributed by atoms with van der Waals surface area (Å²) < 4.78 is 53.6. The van der Waals surface area contributed by atoms with E-state index in [1.807, 2.05) is 0 Å². The molecule has 4 nitrogen and oxygen atoms in total. The third kappa shape index (κ3) is 3.55. The predicted molar refractivity (Wildman–Crippen MR) is 88.4 cm³/mol. The molecule has 3 aromatic rings. The van der Waals surface area contributed by atoms with Crippen LogP contribution in [0.3, 0.4) is 0 Å². The van der Waals surface area contributed by atoms with Crippen molar-refractivity contribution < 1.29 is 22.7 Å². The van der Waals surface area contributed by atoms with Gasteiger partial charge in [-0.05, 0) is 36.4 Å². The van der Waals surface area contributed by atoms with Gasteiger partial charge < -0.3 is 5.11 Å². The Labute approximate surface area is 150 Å². The summed E-state index contributed by atoms with van der Waals surface area (Å²) in [6.07, 6.45) is -3.66. The van der Waals surface area contributed by atoms with E-state index >= 15 is 0 Å². The van der Waals surface area contributed by atoms with Crippen LogP contribution in [0.25, 0.3) is 22.7 Å². The summed E-state index contributed by atoms with van der Waals surface area (Å²) in [5.74, 6) is -1.02. The van der Waals surface area contributed by atoms with Gasteiger partial charge in [-0.15, -0.1) is 0 Å². The molecule has 3 rings (SSSR count). The van der Waals surface area contributed by atoms with Crippen LogP contribution in [0.2, 0.25) is 5.02 Å². The molecule has 26 heavy (non-hydrogen) atoms. The Hall–Kier alpha value is -2.87. The lowest BCUT2D eigenvalue weighted by atomic mass is 10.1. The summed E-state index contributed by atoms with van der Waals surface area (Å²) in [4.78, 5) is 3.29. The van der Waals surface area contributed by atoms with Crippen molar-refractivity contribution in [2.45, 2.75) is 6.18 Å². The lowest BCUT2D eigenvalue weighted by Crippen LogP contribution is -2.09. The minimum atomic E-state index is -4.64. The van der Waals surface area contributed by atoms with Gasteiger partial charge in [0.15, 0.2) is 0 Å². The van der Waals surface area contributed by atoms with Crippen molar-refractivity contribution in [2.24, 2.45) is 0 Å². The van der Waals surface area contributed by atoms with Gasteiger partial charge in [0, 0.05) is 16.8 Å². The van der Waals surface area contributed by atoms with E-state index in [1.54, 1.807) is 0 Å². The molecule has 2 aromatic heterocycles. The Morgan fingerprint density at radius 3 is 2.50 bits per heavy atom. The highest BCUT2D eigenvalue weighted by molar-refractivity contribution is 6.30. The standard InChI is InChI=1S/C17H10ClF4N3O/c1-9(26)14-8-15(10-4-11(18)6-12(19)5-10)25(24-14)13-2-3-23-16(7-13)17(20,21)22/h2-8,26H,1H2. The molecule has 0 saturated heterocycles. The van der Waals surface area contributed by atoms with E-state index in [4.69, 9.17) is 11.6 Å². The SMILES string of the molecule is C=C(O)c1cc(-c2cc(F)cc(Cl)c2)n(-c2ccnc(C(F)(F)F)c2)n1. The molecule has 134 valence electrons. The summed E-state index contributed by atoms with van der Waals surface area (Å²) >= 11 is 5.86. The molecule has 0 radical (unpaired) electrons. The van der Waals surface area contributed by atoms with Crippen LogP contribution in [0.1, 0.15) is 11.4 Å². The molecular formula is C17H10ClF4N3O. The Balaban J connectivity index is 2.23. The Bertz CT molecular complexity index is 978.